The molecule has 1 heterocycles. The molecule has 3 nitrogen and oxygen atoms in total. The maximum atomic E-state index is 11.9. The number of allylic oxidation sites excluding steroid dienone is 2. The van der Waals surface area contributed by atoms with Crippen molar-refractivity contribution in [3.63, 3.8) is 0 Å². The van der Waals surface area contributed by atoms with Gasteiger partial charge in [0.1, 0.15) is 0 Å². The van der Waals surface area contributed by atoms with Gasteiger partial charge in [-0.05, 0) is 37.3 Å². The highest BCUT2D eigenvalue weighted by molar-refractivity contribution is 9.10. The zero-order valence-corrected chi connectivity index (χ0v) is 12.0. The van der Waals surface area contributed by atoms with Crippen LogP contribution in [0.15, 0.2) is 65.0 Å². The summed E-state index contributed by atoms with van der Waals surface area (Å²) in [6.45, 7) is 1.86. The maximum absolute atomic E-state index is 11.9. The number of carbonyl (C=O) groups is 1. The molecule has 1 aromatic carbocycles. The lowest BCUT2D eigenvalue weighted by Crippen LogP contribution is -2.01. The summed E-state index contributed by atoms with van der Waals surface area (Å²) in [6, 6.07) is 11.3. The van der Waals surface area contributed by atoms with Gasteiger partial charge in [0.25, 0.3) is 0 Å². The molecule has 0 amide bonds. The number of hydrogen-bond donors (Lipinski definition) is 1. The Labute approximate surface area is 120 Å². The van der Waals surface area contributed by atoms with Crippen molar-refractivity contribution in [2.75, 3.05) is 5.32 Å². The third-order valence-corrected chi connectivity index (χ3v) is 2.95. The topological polar surface area (TPSA) is 42.0 Å². The predicted molar refractivity (Wildman–Crippen MR) is 80.1 cm³/mol. The van der Waals surface area contributed by atoms with E-state index in [1.807, 2.05) is 31.2 Å². The van der Waals surface area contributed by atoms with Crippen molar-refractivity contribution < 1.29 is 4.79 Å². The molecule has 0 aliphatic rings. The van der Waals surface area contributed by atoms with Gasteiger partial charge < -0.3 is 5.32 Å². The normalized spacial score (nSPS) is 11.2. The van der Waals surface area contributed by atoms with Crippen LogP contribution in [0.2, 0.25) is 0 Å². The minimum atomic E-state index is -0.0619. The van der Waals surface area contributed by atoms with Gasteiger partial charge in [-0.1, -0.05) is 22.0 Å². The van der Waals surface area contributed by atoms with E-state index in [-0.39, 0.29) is 5.78 Å². The number of aromatic nitrogens is 1. The average Bonchev–Trinajstić information content (AvgIpc) is 2.39. The highest BCUT2D eigenvalue weighted by Gasteiger charge is 2.03. The Morgan fingerprint density at radius 3 is 2.84 bits per heavy atom. The molecule has 1 aromatic heterocycles. The van der Waals surface area contributed by atoms with Gasteiger partial charge in [-0.25, -0.2) is 0 Å². The van der Waals surface area contributed by atoms with Crippen LogP contribution in [0.25, 0.3) is 0 Å². The molecule has 96 valence electrons. The predicted octanol–water partition coefficient (Wildman–Crippen LogP) is 4.04. The highest BCUT2D eigenvalue weighted by atomic mass is 79.9. The molecule has 0 unspecified atom stereocenters. The molecule has 1 N–H and O–H groups in total. The van der Waals surface area contributed by atoms with Crippen LogP contribution in [0, 0.1) is 0 Å². The number of ketones is 1. The van der Waals surface area contributed by atoms with E-state index >= 15 is 0 Å². The summed E-state index contributed by atoms with van der Waals surface area (Å²) in [5.41, 5.74) is 2.30. The van der Waals surface area contributed by atoms with Crippen LogP contribution in [-0.2, 0) is 0 Å². The van der Waals surface area contributed by atoms with Gasteiger partial charge in [-0.15, -0.1) is 0 Å². The lowest BCUT2D eigenvalue weighted by atomic mass is 10.1. The third-order valence-electron chi connectivity index (χ3n) is 2.46. The minimum Gasteiger partial charge on any atom is -0.359 e. The Bertz CT molecular complexity index is 609. The number of rotatable bonds is 4. The first-order valence-corrected chi connectivity index (χ1v) is 6.60. The van der Waals surface area contributed by atoms with Gasteiger partial charge in [-0.3, -0.25) is 9.78 Å². The largest absolute Gasteiger partial charge is 0.359 e. The van der Waals surface area contributed by atoms with Gasteiger partial charge >= 0.3 is 0 Å². The first kappa shape index (κ1) is 13.5. The zero-order valence-electron chi connectivity index (χ0n) is 10.4. The third kappa shape index (κ3) is 4.03. The summed E-state index contributed by atoms with van der Waals surface area (Å²) in [5, 5.41) is 3.17. The smallest absolute Gasteiger partial charge is 0.189 e. The summed E-state index contributed by atoms with van der Waals surface area (Å²) >= 11 is 3.40. The van der Waals surface area contributed by atoms with Crippen LogP contribution in [0.5, 0.6) is 0 Å². The summed E-state index contributed by atoms with van der Waals surface area (Å²) in [4.78, 5) is 15.9. The molecule has 0 radical (unpaired) electrons. The molecule has 0 aliphatic carbocycles. The van der Waals surface area contributed by atoms with Gasteiger partial charge in [-0.2, -0.15) is 0 Å². The number of nitrogens with one attached hydrogen (secondary N) is 1. The summed E-state index contributed by atoms with van der Waals surface area (Å²) in [6.07, 6.45) is 4.77. The van der Waals surface area contributed by atoms with Crippen LogP contribution in [-0.4, -0.2) is 10.8 Å². The standard InChI is InChI=1S/C15H13BrN2O/c1-11(18-14-6-2-5-13(16)9-14)8-15(19)12-4-3-7-17-10-12/h2-10,18H,1H3/b11-8+. The number of pyridine rings is 1. The quantitative estimate of drug-likeness (QED) is 0.683. The van der Waals surface area contributed by atoms with E-state index in [2.05, 4.69) is 26.2 Å². The molecule has 19 heavy (non-hydrogen) atoms. The van der Waals surface area contributed by atoms with Crippen LogP contribution < -0.4 is 5.32 Å². The van der Waals surface area contributed by atoms with E-state index in [9.17, 15) is 4.79 Å². The molecule has 4 heteroatoms. The molecule has 0 atom stereocenters. The fourth-order valence-electron chi connectivity index (χ4n) is 1.62. The van der Waals surface area contributed by atoms with Crippen molar-refractivity contribution >= 4 is 27.4 Å². The lowest BCUT2D eigenvalue weighted by molar-refractivity contribution is 0.104. The van der Waals surface area contributed by atoms with E-state index in [0.717, 1.165) is 15.9 Å². The summed E-state index contributed by atoms with van der Waals surface area (Å²) in [5.74, 6) is -0.0619. The van der Waals surface area contributed by atoms with E-state index in [1.54, 1.807) is 30.6 Å². The molecule has 2 rings (SSSR count). The van der Waals surface area contributed by atoms with Crippen LogP contribution in [0.1, 0.15) is 17.3 Å². The lowest BCUT2D eigenvalue weighted by Gasteiger charge is -2.06. The molecule has 0 bridgehead atoms. The fourth-order valence-corrected chi connectivity index (χ4v) is 2.02. The number of halogens is 1. The van der Waals surface area contributed by atoms with E-state index < -0.39 is 0 Å². The van der Waals surface area contributed by atoms with Gasteiger partial charge in [0.15, 0.2) is 5.78 Å². The Hall–Kier alpha value is -1.94. The number of benzene rings is 1. The number of carbonyl (C=O) groups excluding carboxylic acids is 1. The highest BCUT2D eigenvalue weighted by Crippen LogP contribution is 2.17. The Morgan fingerprint density at radius 1 is 1.32 bits per heavy atom. The van der Waals surface area contributed by atoms with Gasteiger partial charge in [0, 0.05) is 39.9 Å². The SMILES string of the molecule is C/C(=C\C(=O)c1cccnc1)Nc1cccc(Br)c1. The minimum absolute atomic E-state index is 0.0619. The number of anilines is 1. The van der Waals surface area contributed by atoms with Gasteiger partial charge in [0.2, 0.25) is 0 Å². The second-order valence-corrected chi connectivity index (χ2v) is 4.98. The Balaban J connectivity index is 2.09. The van der Waals surface area contributed by atoms with Crippen molar-refractivity contribution in [2.24, 2.45) is 0 Å². The number of hydrogen-bond acceptors (Lipinski definition) is 3. The summed E-state index contributed by atoms with van der Waals surface area (Å²) in [7, 11) is 0. The molecule has 0 spiro atoms. The Morgan fingerprint density at radius 2 is 2.16 bits per heavy atom. The molecule has 0 saturated carbocycles. The van der Waals surface area contributed by atoms with Crippen molar-refractivity contribution in [3.05, 3.63) is 70.6 Å². The van der Waals surface area contributed by atoms with E-state index in [0.29, 0.717) is 5.56 Å². The molecular weight excluding hydrogens is 304 g/mol. The second kappa shape index (κ2) is 6.29. The molecule has 0 fully saturated rings. The monoisotopic (exact) mass is 316 g/mol. The maximum Gasteiger partial charge on any atom is 0.189 e. The molecular formula is C15H13BrN2O. The molecule has 2 aromatic rings. The van der Waals surface area contributed by atoms with E-state index in [4.69, 9.17) is 0 Å². The average molecular weight is 317 g/mol. The van der Waals surface area contributed by atoms with Crippen LogP contribution in [0.3, 0.4) is 0 Å². The molecule has 0 aliphatic heterocycles. The molecule has 0 saturated heterocycles. The second-order valence-electron chi connectivity index (χ2n) is 4.07. The van der Waals surface area contributed by atoms with Crippen molar-refractivity contribution in [3.8, 4) is 0 Å². The van der Waals surface area contributed by atoms with Crippen molar-refractivity contribution in [1.82, 2.24) is 4.98 Å². The zero-order chi connectivity index (χ0) is 13.7. The van der Waals surface area contributed by atoms with Crippen LogP contribution >= 0.6 is 15.9 Å². The first-order chi connectivity index (χ1) is 9.15. The van der Waals surface area contributed by atoms with Crippen molar-refractivity contribution in [1.29, 1.82) is 0 Å². The Kier molecular flexibility index (Phi) is 4.47. The fraction of sp³-hybridized carbons (Fsp3) is 0.0667. The number of nitrogens with zero attached hydrogens (tertiary/aromatic N) is 1. The van der Waals surface area contributed by atoms with Crippen molar-refractivity contribution in [2.45, 2.75) is 6.92 Å². The van der Waals surface area contributed by atoms with Gasteiger partial charge in [0.05, 0.1) is 0 Å². The van der Waals surface area contributed by atoms with Crippen LogP contribution in [0.4, 0.5) is 5.69 Å². The first-order valence-electron chi connectivity index (χ1n) is 5.80. The summed E-state index contributed by atoms with van der Waals surface area (Å²) < 4.78 is 0.990. The van der Waals surface area contributed by atoms with E-state index in [1.165, 1.54) is 0 Å².